The van der Waals surface area contributed by atoms with E-state index in [4.69, 9.17) is 14.4 Å². The highest BCUT2D eigenvalue weighted by Crippen LogP contribution is 2.39. The lowest BCUT2D eigenvalue weighted by Crippen LogP contribution is -2.41. The fraction of sp³-hybridized carbons (Fsp3) is 0.769. The molecule has 1 heterocycles. The van der Waals surface area contributed by atoms with E-state index in [1.54, 1.807) is 27.7 Å². The molecule has 0 aromatic carbocycles. The number of halogens is 3. The van der Waals surface area contributed by atoms with Crippen molar-refractivity contribution in [3.63, 3.8) is 0 Å². The smallest absolute Gasteiger partial charge is 0.477 e. The molecular weight excluding hydrogens is 288 g/mol. The Bertz CT molecular complexity index is 444. The largest absolute Gasteiger partial charge is 0.525 e. The molecule has 1 rings (SSSR count). The Morgan fingerprint density at radius 3 is 2.00 bits per heavy atom. The highest BCUT2D eigenvalue weighted by atomic mass is 19.3. The molecule has 120 valence electrons. The lowest BCUT2D eigenvalue weighted by Gasteiger charge is -2.32. The van der Waals surface area contributed by atoms with Gasteiger partial charge in [-0.2, -0.15) is 8.78 Å². The van der Waals surface area contributed by atoms with Gasteiger partial charge in [-0.15, -0.1) is 0 Å². The maximum absolute atomic E-state index is 14.2. The lowest BCUT2D eigenvalue weighted by atomic mass is 9.84. The van der Waals surface area contributed by atoms with Gasteiger partial charge in [-0.1, -0.05) is 0 Å². The monoisotopic (exact) mass is 308 g/mol. The summed E-state index contributed by atoms with van der Waals surface area (Å²) in [6.45, 7) is 8.29. The van der Waals surface area contributed by atoms with Crippen molar-refractivity contribution in [1.29, 1.82) is 0 Å². The number of carbonyl (C=O) groups is 1. The molecule has 1 N–H and O–H groups in total. The number of carboxylic acid groups (broad SMARTS) is 1. The summed E-state index contributed by atoms with van der Waals surface area (Å²) in [5.74, 6) is -6.09. The minimum Gasteiger partial charge on any atom is -0.477 e. The van der Waals surface area contributed by atoms with Crippen LogP contribution in [0.2, 0.25) is 0 Å². The third-order valence-corrected chi connectivity index (χ3v) is 3.99. The first-order valence-electron chi connectivity index (χ1n) is 6.62. The molecule has 21 heavy (non-hydrogen) atoms. The van der Waals surface area contributed by atoms with E-state index in [1.165, 1.54) is 6.92 Å². The van der Waals surface area contributed by atoms with Gasteiger partial charge >= 0.3 is 19.0 Å². The van der Waals surface area contributed by atoms with Gasteiger partial charge in [-0.05, 0) is 46.6 Å². The van der Waals surface area contributed by atoms with Crippen LogP contribution >= 0.6 is 0 Å². The summed E-state index contributed by atoms with van der Waals surface area (Å²) >= 11 is 0. The van der Waals surface area contributed by atoms with Gasteiger partial charge in [0.25, 0.3) is 0 Å². The average Bonchev–Trinajstić information content (AvgIpc) is 2.54. The molecular formula is C13H20BF3O4. The highest BCUT2D eigenvalue weighted by Gasteiger charge is 2.53. The van der Waals surface area contributed by atoms with Gasteiger partial charge in [0.1, 0.15) is 5.73 Å². The van der Waals surface area contributed by atoms with Crippen LogP contribution in [0.25, 0.3) is 0 Å². The van der Waals surface area contributed by atoms with Crippen LogP contribution in [0.4, 0.5) is 13.2 Å². The average molecular weight is 308 g/mol. The van der Waals surface area contributed by atoms with Crippen molar-refractivity contribution >= 4 is 13.1 Å². The molecule has 4 nitrogen and oxygen atoms in total. The summed E-state index contributed by atoms with van der Waals surface area (Å²) in [5.41, 5.74) is -2.26. The van der Waals surface area contributed by atoms with Crippen molar-refractivity contribution in [2.75, 3.05) is 0 Å². The van der Waals surface area contributed by atoms with Crippen LogP contribution in [0.5, 0.6) is 0 Å². The summed E-state index contributed by atoms with van der Waals surface area (Å²) < 4.78 is 51.1. The Labute approximate surface area is 122 Å². The van der Waals surface area contributed by atoms with Gasteiger partial charge in [0.2, 0.25) is 0 Å². The van der Waals surface area contributed by atoms with Crippen molar-refractivity contribution in [1.82, 2.24) is 0 Å². The van der Waals surface area contributed by atoms with E-state index < -0.39 is 48.8 Å². The van der Waals surface area contributed by atoms with Gasteiger partial charge in [-0.25, -0.2) is 9.18 Å². The van der Waals surface area contributed by atoms with Crippen LogP contribution in [0, 0.1) is 0 Å². The number of allylic oxidation sites excluding steroid dienone is 1. The number of rotatable bonds is 5. The molecule has 0 aliphatic carbocycles. The first-order chi connectivity index (χ1) is 9.30. The Morgan fingerprint density at radius 1 is 1.19 bits per heavy atom. The third kappa shape index (κ3) is 3.80. The Balaban J connectivity index is 2.78. The van der Waals surface area contributed by atoms with Gasteiger partial charge in [-0.3, -0.25) is 0 Å². The van der Waals surface area contributed by atoms with Crippen molar-refractivity contribution in [3.8, 4) is 0 Å². The van der Waals surface area contributed by atoms with E-state index in [0.29, 0.717) is 0 Å². The second kappa shape index (κ2) is 5.64. The molecule has 0 unspecified atom stereocenters. The predicted molar refractivity (Wildman–Crippen MR) is 71.7 cm³/mol. The third-order valence-electron chi connectivity index (χ3n) is 3.99. The number of alkyl halides is 2. The molecule has 0 aromatic heterocycles. The standard InChI is InChI=1S/C13H20BF3O4/c1-8(6-7-13(16,17)10(18)19)9(15)14-20-11(2,3)12(4,5)21-14/h6-7H2,1-5H3,(H,18,19). The molecule has 0 amide bonds. The highest BCUT2D eigenvalue weighted by molar-refractivity contribution is 6.53. The first kappa shape index (κ1) is 18.0. The van der Waals surface area contributed by atoms with E-state index in [-0.39, 0.29) is 5.57 Å². The van der Waals surface area contributed by atoms with E-state index in [2.05, 4.69) is 0 Å². The van der Waals surface area contributed by atoms with Crippen LogP contribution in [-0.4, -0.2) is 35.3 Å². The maximum Gasteiger partial charge on any atom is 0.525 e. The molecule has 0 saturated carbocycles. The molecule has 8 heteroatoms. The number of aliphatic carboxylic acids is 1. The Hall–Kier alpha value is -1.02. The van der Waals surface area contributed by atoms with E-state index in [9.17, 15) is 18.0 Å². The van der Waals surface area contributed by atoms with Crippen molar-refractivity contribution in [3.05, 3.63) is 11.3 Å². The van der Waals surface area contributed by atoms with E-state index >= 15 is 0 Å². The Morgan fingerprint density at radius 2 is 1.62 bits per heavy atom. The SMILES string of the molecule is CC(CCC(F)(F)C(=O)O)=C(F)B1OC(C)(C)C(C)(C)O1. The fourth-order valence-electron chi connectivity index (χ4n) is 1.72. The molecule has 1 fully saturated rings. The molecule has 0 radical (unpaired) electrons. The molecule has 1 saturated heterocycles. The number of carboxylic acids is 1. The summed E-state index contributed by atoms with van der Waals surface area (Å²) in [7, 11) is -1.26. The normalized spacial score (nSPS) is 22.2. The van der Waals surface area contributed by atoms with Crippen molar-refractivity contribution in [2.24, 2.45) is 0 Å². The number of hydrogen-bond donors (Lipinski definition) is 1. The van der Waals surface area contributed by atoms with Crippen molar-refractivity contribution < 1.29 is 32.4 Å². The van der Waals surface area contributed by atoms with Gasteiger partial charge < -0.3 is 14.4 Å². The maximum atomic E-state index is 14.2. The van der Waals surface area contributed by atoms with Crippen LogP contribution in [0.1, 0.15) is 47.5 Å². The molecule has 0 atom stereocenters. The minimum absolute atomic E-state index is 0.00516. The first-order valence-corrected chi connectivity index (χ1v) is 6.62. The molecule has 0 aromatic rings. The molecule has 1 aliphatic rings. The van der Waals surface area contributed by atoms with Gasteiger partial charge in [0.05, 0.1) is 11.2 Å². The van der Waals surface area contributed by atoms with Crippen LogP contribution in [0.15, 0.2) is 11.3 Å². The van der Waals surface area contributed by atoms with E-state index in [0.717, 1.165) is 0 Å². The quantitative estimate of drug-likeness (QED) is 0.791. The molecule has 0 spiro atoms. The van der Waals surface area contributed by atoms with Gasteiger partial charge in [0, 0.05) is 6.42 Å². The second-order valence-electron chi connectivity index (χ2n) is 6.23. The predicted octanol–water partition coefficient (Wildman–Crippen LogP) is 3.36. The van der Waals surface area contributed by atoms with Gasteiger partial charge in [0.15, 0.2) is 0 Å². The topological polar surface area (TPSA) is 55.8 Å². The zero-order valence-electron chi connectivity index (χ0n) is 12.8. The minimum atomic E-state index is -3.88. The van der Waals surface area contributed by atoms with Crippen LogP contribution in [0.3, 0.4) is 0 Å². The number of hydrogen-bond acceptors (Lipinski definition) is 3. The summed E-state index contributed by atoms with van der Waals surface area (Å²) in [6.07, 6.45) is -1.36. The summed E-state index contributed by atoms with van der Waals surface area (Å²) in [6, 6.07) is 0. The Kier molecular flexibility index (Phi) is 4.85. The van der Waals surface area contributed by atoms with E-state index in [1.807, 2.05) is 0 Å². The van der Waals surface area contributed by atoms with Crippen LogP contribution in [-0.2, 0) is 14.1 Å². The molecule has 0 bridgehead atoms. The van der Waals surface area contributed by atoms with Crippen molar-refractivity contribution in [2.45, 2.75) is 64.6 Å². The second-order valence-corrected chi connectivity index (χ2v) is 6.23. The summed E-state index contributed by atoms with van der Waals surface area (Å²) in [4.78, 5) is 10.3. The zero-order chi connectivity index (χ0) is 16.6. The fourth-order valence-corrected chi connectivity index (χ4v) is 1.72. The zero-order valence-corrected chi connectivity index (χ0v) is 12.8. The summed E-state index contributed by atoms with van der Waals surface area (Å²) in [5, 5.41) is 8.33. The molecule has 1 aliphatic heterocycles. The lowest BCUT2D eigenvalue weighted by molar-refractivity contribution is -0.165. The van der Waals surface area contributed by atoms with Crippen LogP contribution < -0.4 is 0 Å².